The molecule has 0 spiro atoms. The number of hydrogen-bond donors (Lipinski definition) is 2. The Kier molecular flexibility index (Phi) is 2.70. The molecular weight excluding hydrogens is 226 g/mol. The Bertz CT molecular complexity index is 596. The summed E-state index contributed by atoms with van der Waals surface area (Å²) >= 11 is 0. The highest BCUT2D eigenvalue weighted by molar-refractivity contribution is 6.08. The number of hydrogen-bond acceptors (Lipinski definition) is 2. The summed E-state index contributed by atoms with van der Waals surface area (Å²) in [4.78, 5) is 0. The summed E-state index contributed by atoms with van der Waals surface area (Å²) in [5.41, 5.74) is 7.65. The molecule has 1 fully saturated rings. The second-order valence-electron chi connectivity index (χ2n) is 4.99. The van der Waals surface area contributed by atoms with E-state index in [9.17, 15) is 0 Å². The van der Waals surface area contributed by atoms with E-state index in [0.29, 0.717) is 0 Å². The molecule has 3 N–H and O–H groups in total. The first-order valence-corrected chi connectivity index (χ1v) is 6.35. The lowest BCUT2D eigenvalue weighted by molar-refractivity contribution is 0.280. The van der Waals surface area contributed by atoms with Crippen molar-refractivity contribution in [2.75, 3.05) is 0 Å². The van der Waals surface area contributed by atoms with Crippen LogP contribution in [0.1, 0.15) is 24.8 Å². The Morgan fingerprint density at radius 3 is 2.89 bits per heavy atom. The molecule has 0 saturated heterocycles. The number of aromatic nitrogens is 1. The predicted octanol–water partition coefficient (Wildman–Crippen LogP) is 2.54. The van der Waals surface area contributed by atoms with Gasteiger partial charge in [0.15, 0.2) is 5.84 Å². The zero-order valence-electron chi connectivity index (χ0n) is 10.2. The van der Waals surface area contributed by atoms with E-state index in [4.69, 9.17) is 10.9 Å². The molecule has 3 rings (SSSR count). The van der Waals surface area contributed by atoms with E-state index in [1.807, 2.05) is 18.2 Å². The van der Waals surface area contributed by atoms with Crippen LogP contribution >= 0.6 is 0 Å². The van der Waals surface area contributed by atoms with Crippen molar-refractivity contribution in [1.82, 2.24) is 4.57 Å². The van der Waals surface area contributed by atoms with E-state index >= 15 is 0 Å². The zero-order chi connectivity index (χ0) is 12.5. The number of amidine groups is 1. The second kappa shape index (κ2) is 4.37. The maximum absolute atomic E-state index is 8.80. The zero-order valence-corrected chi connectivity index (χ0v) is 10.2. The molecule has 0 amide bonds. The molecule has 0 bridgehead atoms. The molecule has 4 nitrogen and oxygen atoms in total. The van der Waals surface area contributed by atoms with Gasteiger partial charge >= 0.3 is 0 Å². The molecule has 0 radical (unpaired) electrons. The first-order chi connectivity index (χ1) is 8.79. The molecule has 4 heteroatoms. The Morgan fingerprint density at radius 1 is 1.39 bits per heavy atom. The van der Waals surface area contributed by atoms with Gasteiger partial charge < -0.3 is 15.5 Å². The highest BCUT2D eigenvalue weighted by atomic mass is 16.4. The van der Waals surface area contributed by atoms with Gasteiger partial charge in [-0.1, -0.05) is 23.7 Å². The topological polar surface area (TPSA) is 63.5 Å². The lowest BCUT2D eigenvalue weighted by atomic mass is 9.85. The van der Waals surface area contributed by atoms with E-state index in [2.05, 4.69) is 22.0 Å². The molecule has 1 aromatic carbocycles. The third-order valence-corrected chi connectivity index (χ3v) is 3.88. The molecular formula is C14H17N3O. The maximum Gasteiger partial charge on any atom is 0.170 e. The van der Waals surface area contributed by atoms with Crippen molar-refractivity contribution in [1.29, 1.82) is 0 Å². The van der Waals surface area contributed by atoms with Gasteiger partial charge in [-0.25, -0.2) is 0 Å². The van der Waals surface area contributed by atoms with Crippen LogP contribution in [0, 0.1) is 5.92 Å². The summed E-state index contributed by atoms with van der Waals surface area (Å²) < 4.78 is 2.27. The minimum atomic E-state index is 0.169. The molecule has 94 valence electrons. The highest BCUT2D eigenvalue weighted by Gasteiger charge is 2.18. The smallest absolute Gasteiger partial charge is 0.170 e. The van der Waals surface area contributed by atoms with Crippen LogP contribution in [0.4, 0.5) is 0 Å². The summed E-state index contributed by atoms with van der Waals surface area (Å²) in [6.07, 6.45) is 6.12. The van der Waals surface area contributed by atoms with Gasteiger partial charge in [-0.05, 0) is 30.9 Å². The molecule has 0 unspecified atom stereocenters. The fourth-order valence-electron chi connectivity index (χ4n) is 2.61. The fraction of sp³-hybridized carbons (Fsp3) is 0.357. The van der Waals surface area contributed by atoms with Gasteiger partial charge in [-0.2, -0.15) is 0 Å². The van der Waals surface area contributed by atoms with Crippen molar-refractivity contribution in [3.63, 3.8) is 0 Å². The number of benzene rings is 1. The van der Waals surface area contributed by atoms with Gasteiger partial charge in [0, 0.05) is 29.2 Å². The Labute approximate surface area is 106 Å². The predicted molar refractivity (Wildman–Crippen MR) is 71.8 cm³/mol. The normalized spacial score (nSPS) is 17.0. The Morgan fingerprint density at radius 2 is 2.22 bits per heavy atom. The van der Waals surface area contributed by atoms with Gasteiger partial charge in [-0.15, -0.1) is 0 Å². The van der Waals surface area contributed by atoms with Crippen LogP contribution in [0.15, 0.2) is 35.6 Å². The van der Waals surface area contributed by atoms with Crippen molar-refractivity contribution >= 4 is 16.7 Å². The van der Waals surface area contributed by atoms with Gasteiger partial charge in [0.05, 0.1) is 0 Å². The standard InChI is InChI=1S/C14H17N3O/c15-14(16-18)12-5-2-6-13-11(12)7-8-17(13)9-10-3-1-4-10/h2,5-8,10,18H,1,3-4,9H2,(H2,15,16). The van der Waals surface area contributed by atoms with Crippen LogP contribution in [-0.4, -0.2) is 15.6 Å². The number of fused-ring (bicyclic) bond motifs is 1. The molecule has 2 aromatic rings. The van der Waals surface area contributed by atoms with Crippen molar-refractivity contribution in [3.8, 4) is 0 Å². The Hall–Kier alpha value is -1.97. The van der Waals surface area contributed by atoms with E-state index < -0.39 is 0 Å². The lowest BCUT2D eigenvalue weighted by Crippen LogP contribution is -2.17. The third kappa shape index (κ3) is 1.74. The average Bonchev–Trinajstić information content (AvgIpc) is 2.76. The molecule has 1 saturated carbocycles. The van der Waals surface area contributed by atoms with Gasteiger partial charge in [-0.3, -0.25) is 0 Å². The van der Waals surface area contributed by atoms with Crippen LogP contribution in [-0.2, 0) is 6.54 Å². The van der Waals surface area contributed by atoms with E-state index in [1.165, 1.54) is 19.3 Å². The van der Waals surface area contributed by atoms with Crippen LogP contribution in [0.3, 0.4) is 0 Å². The van der Waals surface area contributed by atoms with E-state index in [0.717, 1.165) is 28.9 Å². The average molecular weight is 243 g/mol. The molecule has 1 heterocycles. The van der Waals surface area contributed by atoms with Gasteiger partial charge in [0.1, 0.15) is 0 Å². The summed E-state index contributed by atoms with van der Waals surface area (Å²) in [5, 5.41) is 12.9. The van der Waals surface area contributed by atoms with Crippen LogP contribution in [0.5, 0.6) is 0 Å². The van der Waals surface area contributed by atoms with Crippen molar-refractivity contribution in [2.24, 2.45) is 16.8 Å². The summed E-state index contributed by atoms with van der Waals surface area (Å²) in [5.74, 6) is 0.982. The van der Waals surface area contributed by atoms with Crippen LogP contribution in [0.2, 0.25) is 0 Å². The summed E-state index contributed by atoms with van der Waals surface area (Å²) in [6.45, 7) is 1.07. The quantitative estimate of drug-likeness (QED) is 0.376. The van der Waals surface area contributed by atoms with Gasteiger partial charge in [0.25, 0.3) is 0 Å². The molecule has 1 aromatic heterocycles. The van der Waals surface area contributed by atoms with Gasteiger partial charge in [0.2, 0.25) is 0 Å². The molecule has 1 aliphatic rings. The summed E-state index contributed by atoms with van der Waals surface area (Å²) in [6, 6.07) is 7.96. The first-order valence-electron chi connectivity index (χ1n) is 6.35. The van der Waals surface area contributed by atoms with Crippen LogP contribution < -0.4 is 5.73 Å². The molecule has 18 heavy (non-hydrogen) atoms. The van der Waals surface area contributed by atoms with Crippen molar-refractivity contribution in [2.45, 2.75) is 25.8 Å². The summed E-state index contributed by atoms with van der Waals surface area (Å²) in [7, 11) is 0. The minimum absolute atomic E-state index is 0.169. The Balaban J connectivity index is 2.03. The van der Waals surface area contributed by atoms with Crippen molar-refractivity contribution < 1.29 is 5.21 Å². The molecule has 0 atom stereocenters. The maximum atomic E-state index is 8.80. The second-order valence-corrected chi connectivity index (χ2v) is 4.99. The van der Waals surface area contributed by atoms with Crippen molar-refractivity contribution in [3.05, 3.63) is 36.0 Å². The lowest BCUT2D eigenvalue weighted by Gasteiger charge is -2.26. The first kappa shape index (κ1) is 11.1. The SMILES string of the molecule is N/C(=N/O)c1cccc2c1ccn2CC1CCC1. The highest BCUT2D eigenvalue weighted by Crippen LogP contribution is 2.30. The molecule has 0 aliphatic heterocycles. The van der Waals surface area contributed by atoms with Crippen LogP contribution in [0.25, 0.3) is 10.9 Å². The fourth-order valence-corrected chi connectivity index (χ4v) is 2.61. The number of rotatable bonds is 3. The van der Waals surface area contributed by atoms with E-state index in [-0.39, 0.29) is 5.84 Å². The number of oxime groups is 1. The number of nitrogens with two attached hydrogens (primary N) is 1. The number of nitrogens with zero attached hydrogens (tertiary/aromatic N) is 2. The minimum Gasteiger partial charge on any atom is -0.409 e. The van der Waals surface area contributed by atoms with E-state index in [1.54, 1.807) is 0 Å². The largest absolute Gasteiger partial charge is 0.409 e. The monoisotopic (exact) mass is 243 g/mol. The molecule has 1 aliphatic carbocycles. The third-order valence-electron chi connectivity index (χ3n) is 3.88.